The Morgan fingerprint density at radius 3 is 2.65 bits per heavy atom. The number of phenols is 1. The van der Waals surface area contributed by atoms with E-state index in [2.05, 4.69) is 10.6 Å². The van der Waals surface area contributed by atoms with Crippen LogP contribution >= 0.6 is 0 Å². The maximum Gasteiger partial charge on any atom is 0.315 e. The van der Waals surface area contributed by atoms with Gasteiger partial charge in [0.1, 0.15) is 5.75 Å². The van der Waals surface area contributed by atoms with Crippen molar-refractivity contribution in [1.82, 2.24) is 10.6 Å². The number of benzene rings is 1. The first-order chi connectivity index (χ1) is 8.02. The van der Waals surface area contributed by atoms with Crippen molar-refractivity contribution in [2.24, 2.45) is 0 Å². The van der Waals surface area contributed by atoms with Crippen LogP contribution in [0.4, 0.5) is 4.79 Å². The lowest BCUT2D eigenvalue weighted by molar-refractivity contribution is 0.234. The monoisotopic (exact) mass is 236 g/mol. The van der Waals surface area contributed by atoms with E-state index in [-0.39, 0.29) is 23.9 Å². The molecule has 1 aromatic carbocycles. The van der Waals surface area contributed by atoms with Crippen LogP contribution in [0.2, 0.25) is 0 Å². The van der Waals surface area contributed by atoms with Crippen molar-refractivity contribution in [3.8, 4) is 5.75 Å². The van der Waals surface area contributed by atoms with Crippen molar-refractivity contribution in [3.05, 3.63) is 29.8 Å². The quantitative estimate of drug-likeness (QED) is 0.752. The van der Waals surface area contributed by atoms with E-state index in [9.17, 15) is 9.90 Å². The summed E-state index contributed by atoms with van der Waals surface area (Å²) in [7, 11) is 0. The maximum absolute atomic E-state index is 11.6. The van der Waals surface area contributed by atoms with E-state index < -0.39 is 0 Å². The average Bonchev–Trinajstić information content (AvgIpc) is 2.28. The first-order valence-corrected chi connectivity index (χ1v) is 5.89. The molecule has 0 fully saturated rings. The fourth-order valence-corrected chi connectivity index (χ4v) is 1.44. The topological polar surface area (TPSA) is 61.4 Å². The Balaban J connectivity index is 2.54. The van der Waals surface area contributed by atoms with Gasteiger partial charge in [0.25, 0.3) is 0 Å². The molecule has 0 saturated carbocycles. The van der Waals surface area contributed by atoms with Crippen LogP contribution < -0.4 is 10.6 Å². The summed E-state index contributed by atoms with van der Waals surface area (Å²) in [5.41, 5.74) is 0.879. The van der Waals surface area contributed by atoms with Crippen molar-refractivity contribution in [2.45, 2.75) is 39.3 Å². The SMILES string of the molecule is CC[C@H](C)NC(=O)N[C@H](C)c1cccc(O)c1. The van der Waals surface area contributed by atoms with Crippen molar-refractivity contribution in [1.29, 1.82) is 0 Å². The van der Waals surface area contributed by atoms with E-state index in [1.807, 2.05) is 26.8 Å². The zero-order valence-corrected chi connectivity index (χ0v) is 10.5. The van der Waals surface area contributed by atoms with E-state index in [1.165, 1.54) is 0 Å². The van der Waals surface area contributed by atoms with Crippen molar-refractivity contribution < 1.29 is 9.90 Å². The Morgan fingerprint density at radius 2 is 2.06 bits per heavy atom. The molecular weight excluding hydrogens is 216 g/mol. The minimum Gasteiger partial charge on any atom is -0.508 e. The van der Waals surface area contributed by atoms with E-state index >= 15 is 0 Å². The normalized spacial score (nSPS) is 13.8. The number of rotatable bonds is 4. The number of urea groups is 1. The van der Waals surface area contributed by atoms with Crippen LogP contribution in [0.1, 0.15) is 38.8 Å². The highest BCUT2D eigenvalue weighted by molar-refractivity contribution is 5.74. The molecule has 17 heavy (non-hydrogen) atoms. The molecule has 3 N–H and O–H groups in total. The zero-order chi connectivity index (χ0) is 12.8. The van der Waals surface area contributed by atoms with Gasteiger partial charge in [-0.2, -0.15) is 0 Å². The summed E-state index contributed by atoms with van der Waals surface area (Å²) in [4.78, 5) is 11.6. The highest BCUT2D eigenvalue weighted by atomic mass is 16.3. The largest absolute Gasteiger partial charge is 0.508 e. The number of carbonyl (C=O) groups excluding carboxylic acids is 1. The number of carbonyl (C=O) groups is 1. The molecule has 0 aliphatic carbocycles. The van der Waals surface area contributed by atoms with Gasteiger partial charge in [-0.05, 0) is 38.0 Å². The fraction of sp³-hybridized carbons (Fsp3) is 0.462. The predicted octanol–water partition coefficient (Wildman–Crippen LogP) is 2.55. The van der Waals surface area contributed by atoms with Crippen LogP contribution in [-0.4, -0.2) is 17.2 Å². The van der Waals surface area contributed by atoms with Gasteiger partial charge in [-0.1, -0.05) is 19.1 Å². The van der Waals surface area contributed by atoms with Gasteiger partial charge in [0, 0.05) is 6.04 Å². The molecule has 94 valence electrons. The van der Waals surface area contributed by atoms with Crippen LogP contribution in [-0.2, 0) is 0 Å². The first-order valence-electron chi connectivity index (χ1n) is 5.89. The molecule has 1 aromatic rings. The molecule has 2 atom stereocenters. The number of nitrogens with one attached hydrogen (secondary N) is 2. The van der Waals surface area contributed by atoms with Crippen molar-refractivity contribution in [2.75, 3.05) is 0 Å². The number of hydrogen-bond acceptors (Lipinski definition) is 2. The molecule has 4 nitrogen and oxygen atoms in total. The Hall–Kier alpha value is -1.71. The molecule has 0 aliphatic rings. The third-order valence-corrected chi connectivity index (χ3v) is 2.71. The summed E-state index contributed by atoms with van der Waals surface area (Å²) < 4.78 is 0. The van der Waals surface area contributed by atoms with Gasteiger partial charge in [-0.25, -0.2) is 4.79 Å². The summed E-state index contributed by atoms with van der Waals surface area (Å²) >= 11 is 0. The molecule has 0 spiro atoms. The zero-order valence-electron chi connectivity index (χ0n) is 10.5. The number of amides is 2. The number of phenolic OH excluding ortho intramolecular Hbond substituents is 1. The van der Waals surface area contributed by atoms with Crippen LogP contribution in [0.3, 0.4) is 0 Å². The third-order valence-electron chi connectivity index (χ3n) is 2.71. The second kappa shape index (κ2) is 6.13. The highest BCUT2D eigenvalue weighted by Gasteiger charge is 2.10. The predicted molar refractivity (Wildman–Crippen MR) is 67.9 cm³/mol. The smallest absolute Gasteiger partial charge is 0.315 e. The fourth-order valence-electron chi connectivity index (χ4n) is 1.44. The van der Waals surface area contributed by atoms with Gasteiger partial charge in [0.2, 0.25) is 0 Å². The minimum atomic E-state index is -0.185. The van der Waals surface area contributed by atoms with Gasteiger partial charge in [-0.15, -0.1) is 0 Å². The van der Waals surface area contributed by atoms with Gasteiger partial charge in [0.05, 0.1) is 6.04 Å². The second-order valence-electron chi connectivity index (χ2n) is 4.24. The highest BCUT2D eigenvalue weighted by Crippen LogP contribution is 2.17. The Morgan fingerprint density at radius 1 is 1.35 bits per heavy atom. The second-order valence-corrected chi connectivity index (χ2v) is 4.24. The summed E-state index contributed by atoms with van der Waals surface area (Å²) in [6.07, 6.45) is 0.897. The Bertz CT molecular complexity index is 379. The van der Waals surface area contributed by atoms with Gasteiger partial charge in [0.15, 0.2) is 0 Å². The number of hydrogen-bond donors (Lipinski definition) is 3. The lowest BCUT2D eigenvalue weighted by atomic mass is 10.1. The summed E-state index contributed by atoms with van der Waals surface area (Å²) in [5, 5.41) is 15.0. The molecule has 0 radical (unpaired) electrons. The lowest BCUT2D eigenvalue weighted by Crippen LogP contribution is -2.41. The molecule has 0 aromatic heterocycles. The molecular formula is C13H20N2O2. The summed E-state index contributed by atoms with van der Waals surface area (Å²) in [5.74, 6) is 0.207. The summed E-state index contributed by atoms with van der Waals surface area (Å²) in [6, 6.07) is 6.72. The average molecular weight is 236 g/mol. The van der Waals surface area contributed by atoms with E-state index in [1.54, 1.807) is 18.2 Å². The van der Waals surface area contributed by atoms with Crippen LogP contribution in [0, 0.1) is 0 Å². The first kappa shape index (κ1) is 13.4. The van der Waals surface area contributed by atoms with Crippen LogP contribution in [0.5, 0.6) is 5.75 Å². The van der Waals surface area contributed by atoms with Crippen LogP contribution in [0.15, 0.2) is 24.3 Å². The number of aromatic hydroxyl groups is 1. The molecule has 2 amide bonds. The molecule has 4 heteroatoms. The molecule has 0 unspecified atom stereocenters. The Kier molecular flexibility index (Phi) is 4.82. The van der Waals surface area contributed by atoms with Gasteiger partial charge < -0.3 is 15.7 Å². The van der Waals surface area contributed by atoms with Gasteiger partial charge >= 0.3 is 6.03 Å². The molecule has 0 saturated heterocycles. The van der Waals surface area contributed by atoms with E-state index in [4.69, 9.17) is 0 Å². The van der Waals surface area contributed by atoms with Gasteiger partial charge in [-0.3, -0.25) is 0 Å². The van der Waals surface area contributed by atoms with E-state index in [0.29, 0.717) is 0 Å². The molecule has 0 bridgehead atoms. The molecule has 0 aliphatic heterocycles. The summed E-state index contributed by atoms with van der Waals surface area (Å²) in [6.45, 7) is 5.85. The van der Waals surface area contributed by atoms with Crippen LogP contribution in [0.25, 0.3) is 0 Å². The molecule has 0 heterocycles. The Labute approximate surface area is 102 Å². The lowest BCUT2D eigenvalue weighted by Gasteiger charge is -2.17. The van der Waals surface area contributed by atoms with Crippen molar-refractivity contribution in [3.63, 3.8) is 0 Å². The third kappa shape index (κ3) is 4.34. The standard InChI is InChI=1S/C13H20N2O2/c1-4-9(2)14-13(17)15-10(3)11-6-5-7-12(16)8-11/h5-10,16H,4H2,1-3H3,(H2,14,15,17)/t9-,10+/m0/s1. The molecule has 1 rings (SSSR count). The maximum atomic E-state index is 11.6. The van der Waals surface area contributed by atoms with E-state index in [0.717, 1.165) is 12.0 Å². The van der Waals surface area contributed by atoms with Crippen molar-refractivity contribution >= 4 is 6.03 Å². The minimum absolute atomic E-state index is 0.133.